The molecule has 5 nitrogen and oxygen atoms in total. The summed E-state index contributed by atoms with van der Waals surface area (Å²) in [6.07, 6.45) is 2.04. The maximum Gasteiger partial charge on any atom is 0.243 e. The number of rotatable bonds is 2. The Labute approximate surface area is 126 Å². The van der Waals surface area contributed by atoms with Gasteiger partial charge in [-0.3, -0.25) is 0 Å². The van der Waals surface area contributed by atoms with Crippen LogP contribution in [0.2, 0.25) is 0 Å². The van der Waals surface area contributed by atoms with Gasteiger partial charge in [0.25, 0.3) is 0 Å². The molecular formula is C15H22N2O3S. The first-order chi connectivity index (χ1) is 9.98. The van der Waals surface area contributed by atoms with Gasteiger partial charge >= 0.3 is 0 Å². The molecule has 0 bridgehead atoms. The monoisotopic (exact) mass is 310 g/mol. The molecule has 0 radical (unpaired) electrons. The van der Waals surface area contributed by atoms with Crippen molar-refractivity contribution in [1.82, 2.24) is 4.31 Å². The lowest BCUT2D eigenvalue weighted by molar-refractivity contribution is 0.281. The highest BCUT2D eigenvalue weighted by atomic mass is 32.2. The van der Waals surface area contributed by atoms with Gasteiger partial charge in [0, 0.05) is 20.1 Å². The van der Waals surface area contributed by atoms with Crippen molar-refractivity contribution < 1.29 is 13.2 Å². The number of fused-ring (bicyclic) bond motifs is 1. The zero-order chi connectivity index (χ0) is 15.0. The van der Waals surface area contributed by atoms with Crippen molar-refractivity contribution >= 4 is 15.7 Å². The minimum atomic E-state index is -3.40. The summed E-state index contributed by atoms with van der Waals surface area (Å²) in [5.74, 6) is 1.19. The van der Waals surface area contributed by atoms with Crippen molar-refractivity contribution in [1.29, 1.82) is 0 Å². The summed E-state index contributed by atoms with van der Waals surface area (Å²) in [6, 6.07) is 5.17. The lowest BCUT2D eigenvalue weighted by atomic mass is 10.0. The molecule has 0 saturated carbocycles. The number of hydrogen-bond acceptors (Lipinski definition) is 4. The smallest absolute Gasteiger partial charge is 0.243 e. The Bertz CT molecular complexity index is 630. The second kappa shape index (κ2) is 5.50. The zero-order valence-corrected chi connectivity index (χ0v) is 13.4. The van der Waals surface area contributed by atoms with Gasteiger partial charge in [-0.25, -0.2) is 8.42 Å². The molecule has 116 valence electrons. The molecule has 6 heteroatoms. The normalized spacial score (nSPS) is 23.5. The Morgan fingerprint density at radius 1 is 1.29 bits per heavy atom. The van der Waals surface area contributed by atoms with Crippen molar-refractivity contribution in [3.05, 3.63) is 18.2 Å². The first-order valence-electron chi connectivity index (χ1n) is 7.46. The summed E-state index contributed by atoms with van der Waals surface area (Å²) < 4.78 is 32.8. The highest BCUT2D eigenvalue weighted by Gasteiger charge is 2.29. The van der Waals surface area contributed by atoms with Gasteiger partial charge in [-0.15, -0.1) is 0 Å². The summed E-state index contributed by atoms with van der Waals surface area (Å²) in [4.78, 5) is 2.41. The maximum absolute atomic E-state index is 12.8. The Morgan fingerprint density at radius 2 is 2.10 bits per heavy atom. The average molecular weight is 310 g/mol. The second-order valence-electron chi connectivity index (χ2n) is 6.01. The third kappa shape index (κ3) is 2.74. The minimum Gasteiger partial charge on any atom is -0.490 e. The van der Waals surface area contributed by atoms with Gasteiger partial charge in [-0.2, -0.15) is 4.31 Å². The first kappa shape index (κ1) is 14.7. The van der Waals surface area contributed by atoms with Crippen molar-refractivity contribution in [2.75, 3.05) is 38.2 Å². The molecule has 0 aromatic heterocycles. The SMILES string of the molecule is CC1CCCN(S(=O)(=O)c2ccc3c(c2)N(C)CCO3)C1. The van der Waals surface area contributed by atoms with Crippen LogP contribution in [0.1, 0.15) is 19.8 Å². The lowest BCUT2D eigenvalue weighted by Gasteiger charge is -2.31. The van der Waals surface area contributed by atoms with Crippen molar-refractivity contribution in [3.63, 3.8) is 0 Å². The number of sulfonamides is 1. The van der Waals surface area contributed by atoms with E-state index in [-0.39, 0.29) is 0 Å². The molecule has 21 heavy (non-hydrogen) atoms. The fourth-order valence-corrected chi connectivity index (χ4v) is 4.62. The van der Waals surface area contributed by atoms with Crippen LogP contribution in [0.4, 0.5) is 5.69 Å². The molecule has 0 spiro atoms. The third-order valence-electron chi connectivity index (χ3n) is 4.28. The predicted molar refractivity (Wildman–Crippen MR) is 82.4 cm³/mol. The fourth-order valence-electron chi connectivity index (χ4n) is 3.00. The van der Waals surface area contributed by atoms with E-state index in [1.165, 1.54) is 0 Å². The van der Waals surface area contributed by atoms with Crippen molar-refractivity contribution in [2.24, 2.45) is 5.92 Å². The molecule has 1 aromatic rings. The Kier molecular flexibility index (Phi) is 3.84. The molecule has 2 heterocycles. The minimum absolute atomic E-state index is 0.368. The molecule has 1 aromatic carbocycles. The number of likely N-dealkylation sites (N-methyl/N-ethyl adjacent to an activating group) is 1. The van der Waals surface area contributed by atoms with E-state index in [0.717, 1.165) is 30.8 Å². The van der Waals surface area contributed by atoms with Gasteiger partial charge in [-0.05, 0) is 37.0 Å². The van der Waals surface area contributed by atoms with Gasteiger partial charge in [-0.1, -0.05) is 6.92 Å². The van der Waals surface area contributed by atoms with E-state index < -0.39 is 10.0 Å². The molecule has 2 aliphatic rings. The number of nitrogens with zero attached hydrogens (tertiary/aromatic N) is 2. The Balaban J connectivity index is 1.94. The van der Waals surface area contributed by atoms with Gasteiger partial charge in [0.1, 0.15) is 12.4 Å². The van der Waals surface area contributed by atoms with Crippen molar-refractivity contribution in [3.8, 4) is 5.75 Å². The lowest BCUT2D eigenvalue weighted by Crippen LogP contribution is -2.39. The topological polar surface area (TPSA) is 49.9 Å². The number of ether oxygens (including phenoxy) is 1. The highest BCUT2D eigenvalue weighted by molar-refractivity contribution is 7.89. The molecular weight excluding hydrogens is 288 g/mol. The van der Waals surface area contributed by atoms with Crippen LogP contribution >= 0.6 is 0 Å². The molecule has 0 amide bonds. The predicted octanol–water partition coefficient (Wildman–Crippen LogP) is 1.94. The van der Waals surface area contributed by atoms with E-state index in [0.29, 0.717) is 30.5 Å². The van der Waals surface area contributed by atoms with Gasteiger partial charge in [0.05, 0.1) is 17.1 Å². The zero-order valence-electron chi connectivity index (χ0n) is 12.6. The standard InChI is InChI=1S/C15H22N2O3S/c1-12-4-3-7-17(11-12)21(18,19)13-5-6-15-14(10-13)16(2)8-9-20-15/h5-6,10,12H,3-4,7-9,11H2,1-2H3. The van der Waals surface area contributed by atoms with Crippen LogP contribution in [0.3, 0.4) is 0 Å². The first-order valence-corrected chi connectivity index (χ1v) is 8.90. The van der Waals surface area contributed by atoms with Crippen LogP contribution in [0.15, 0.2) is 23.1 Å². The van der Waals surface area contributed by atoms with E-state index in [4.69, 9.17) is 4.74 Å². The quantitative estimate of drug-likeness (QED) is 0.837. The van der Waals surface area contributed by atoms with E-state index in [9.17, 15) is 8.42 Å². The van der Waals surface area contributed by atoms with Crippen LogP contribution in [0.5, 0.6) is 5.75 Å². The number of anilines is 1. The summed E-state index contributed by atoms with van der Waals surface area (Å²) in [7, 11) is -1.44. The largest absolute Gasteiger partial charge is 0.490 e. The Morgan fingerprint density at radius 3 is 2.86 bits per heavy atom. The summed E-state index contributed by atoms with van der Waals surface area (Å²) in [5, 5.41) is 0. The van der Waals surface area contributed by atoms with E-state index >= 15 is 0 Å². The maximum atomic E-state index is 12.8. The van der Waals surface area contributed by atoms with E-state index in [1.54, 1.807) is 22.5 Å². The van der Waals surface area contributed by atoms with Crippen LogP contribution in [0, 0.1) is 5.92 Å². The average Bonchev–Trinajstić information content (AvgIpc) is 2.47. The van der Waals surface area contributed by atoms with E-state index in [1.807, 2.05) is 11.9 Å². The molecule has 1 unspecified atom stereocenters. The van der Waals surface area contributed by atoms with Gasteiger partial charge in [0.15, 0.2) is 0 Å². The molecule has 1 saturated heterocycles. The molecule has 0 aliphatic carbocycles. The van der Waals surface area contributed by atoms with Crippen LogP contribution in [-0.2, 0) is 10.0 Å². The van der Waals surface area contributed by atoms with E-state index in [2.05, 4.69) is 6.92 Å². The number of benzene rings is 1. The van der Waals surface area contributed by atoms with Crippen molar-refractivity contribution in [2.45, 2.75) is 24.7 Å². The third-order valence-corrected chi connectivity index (χ3v) is 6.14. The second-order valence-corrected chi connectivity index (χ2v) is 7.95. The summed E-state index contributed by atoms with van der Waals surface area (Å²) in [5.41, 5.74) is 0.854. The summed E-state index contributed by atoms with van der Waals surface area (Å²) in [6.45, 7) is 4.76. The van der Waals surface area contributed by atoms with Gasteiger partial charge in [0.2, 0.25) is 10.0 Å². The molecule has 0 N–H and O–H groups in total. The Hall–Kier alpha value is -1.27. The van der Waals surface area contributed by atoms with Crippen LogP contribution in [0.25, 0.3) is 0 Å². The highest BCUT2D eigenvalue weighted by Crippen LogP contribution is 2.34. The van der Waals surface area contributed by atoms with Gasteiger partial charge < -0.3 is 9.64 Å². The molecule has 1 fully saturated rings. The van der Waals surface area contributed by atoms with Crippen LogP contribution < -0.4 is 9.64 Å². The number of hydrogen-bond donors (Lipinski definition) is 0. The van der Waals surface area contributed by atoms with Crippen LogP contribution in [-0.4, -0.2) is 46.0 Å². The molecule has 2 aliphatic heterocycles. The summed E-state index contributed by atoms with van der Waals surface area (Å²) >= 11 is 0. The number of piperidine rings is 1. The fraction of sp³-hybridized carbons (Fsp3) is 0.600. The molecule has 3 rings (SSSR count). The molecule has 1 atom stereocenters.